The van der Waals surface area contributed by atoms with Crippen molar-refractivity contribution in [3.63, 3.8) is 0 Å². The Morgan fingerprint density at radius 3 is 2.28 bits per heavy atom. The Labute approximate surface area is 105 Å². The molecule has 0 aromatic heterocycles. The number of hydrogen-bond donors (Lipinski definition) is 2. The molecule has 0 fully saturated rings. The van der Waals surface area contributed by atoms with E-state index in [0.717, 1.165) is 12.1 Å². The van der Waals surface area contributed by atoms with E-state index in [1.54, 1.807) is 0 Å². The predicted octanol–water partition coefficient (Wildman–Crippen LogP) is 1.40. The van der Waals surface area contributed by atoms with E-state index in [9.17, 15) is 22.3 Å². The van der Waals surface area contributed by atoms with Gasteiger partial charge in [-0.25, -0.2) is 21.9 Å². The maximum absolute atomic E-state index is 13.0. The van der Waals surface area contributed by atoms with E-state index in [-0.39, 0.29) is 0 Å². The zero-order valence-corrected chi connectivity index (χ0v) is 11.1. The number of aliphatic hydroxyl groups is 1. The quantitative estimate of drug-likeness (QED) is 0.875. The molecule has 1 aromatic carbocycles. The van der Waals surface area contributed by atoms with Crippen LogP contribution in [0.25, 0.3) is 0 Å². The predicted molar refractivity (Wildman–Crippen MR) is 62.4 cm³/mol. The molecule has 0 amide bonds. The van der Waals surface area contributed by atoms with Gasteiger partial charge in [0.2, 0.25) is 10.0 Å². The summed E-state index contributed by atoms with van der Waals surface area (Å²) in [6, 6.07) is 2.29. The Morgan fingerprint density at radius 2 is 1.83 bits per heavy atom. The third-order valence-corrected chi connectivity index (χ3v) is 4.31. The average Bonchev–Trinajstić information content (AvgIpc) is 2.20. The summed E-state index contributed by atoms with van der Waals surface area (Å²) in [5, 5.41) is 9.43. The van der Waals surface area contributed by atoms with Crippen molar-refractivity contribution in [2.45, 2.75) is 37.3 Å². The SMILES string of the molecule is CC(O)C(C)(C)NS(=O)(=O)c1ccc(F)c(F)c1. The summed E-state index contributed by atoms with van der Waals surface area (Å²) in [6.07, 6.45) is -0.947. The molecule has 1 rings (SSSR count). The maximum atomic E-state index is 13.0. The monoisotopic (exact) mass is 279 g/mol. The first-order valence-electron chi connectivity index (χ1n) is 5.23. The van der Waals surface area contributed by atoms with E-state index in [2.05, 4.69) is 4.72 Å². The molecule has 0 aliphatic carbocycles. The summed E-state index contributed by atoms with van der Waals surface area (Å²) in [5.41, 5.74) is -1.12. The van der Waals surface area contributed by atoms with Gasteiger partial charge in [-0.3, -0.25) is 0 Å². The summed E-state index contributed by atoms with van der Waals surface area (Å²) in [7, 11) is -4.02. The largest absolute Gasteiger partial charge is 0.391 e. The third kappa shape index (κ3) is 3.24. The molecular formula is C11H15F2NO3S. The van der Waals surface area contributed by atoms with Crippen molar-refractivity contribution >= 4 is 10.0 Å². The molecule has 1 aromatic rings. The summed E-state index contributed by atoms with van der Waals surface area (Å²) < 4.78 is 51.7. The first kappa shape index (κ1) is 15.0. The number of rotatable bonds is 4. The number of hydrogen-bond acceptors (Lipinski definition) is 3. The third-order valence-electron chi connectivity index (χ3n) is 2.64. The summed E-state index contributed by atoms with van der Waals surface area (Å²) in [5.74, 6) is -2.36. The lowest BCUT2D eigenvalue weighted by Crippen LogP contribution is -2.50. The van der Waals surface area contributed by atoms with Crippen LogP contribution in [0, 0.1) is 11.6 Å². The van der Waals surface area contributed by atoms with Crippen LogP contribution in [-0.2, 0) is 10.0 Å². The lowest BCUT2D eigenvalue weighted by atomic mass is 10.0. The van der Waals surface area contributed by atoms with Crippen molar-refractivity contribution in [2.24, 2.45) is 0 Å². The van der Waals surface area contributed by atoms with Crippen molar-refractivity contribution < 1.29 is 22.3 Å². The smallest absolute Gasteiger partial charge is 0.241 e. The van der Waals surface area contributed by atoms with Crippen LogP contribution < -0.4 is 4.72 Å². The van der Waals surface area contributed by atoms with Crippen LogP contribution >= 0.6 is 0 Å². The fourth-order valence-corrected chi connectivity index (χ4v) is 2.62. The molecular weight excluding hydrogens is 264 g/mol. The minimum absolute atomic E-state index is 0.393. The molecule has 0 aliphatic heterocycles. The van der Waals surface area contributed by atoms with Gasteiger partial charge in [0.05, 0.1) is 16.5 Å². The highest BCUT2D eigenvalue weighted by atomic mass is 32.2. The summed E-state index contributed by atoms with van der Waals surface area (Å²) >= 11 is 0. The maximum Gasteiger partial charge on any atom is 0.241 e. The van der Waals surface area contributed by atoms with Gasteiger partial charge in [0.15, 0.2) is 11.6 Å². The molecule has 102 valence electrons. The first-order valence-corrected chi connectivity index (χ1v) is 6.71. The van der Waals surface area contributed by atoms with Crippen molar-refractivity contribution in [3.05, 3.63) is 29.8 Å². The topological polar surface area (TPSA) is 66.4 Å². The standard InChI is InChI=1S/C11H15F2NO3S/c1-7(15)11(2,3)14-18(16,17)8-4-5-9(12)10(13)6-8/h4-7,14-15H,1-3H3. The molecule has 0 saturated heterocycles. The molecule has 7 heteroatoms. The average molecular weight is 279 g/mol. The van der Waals surface area contributed by atoms with Crippen LogP contribution in [0.4, 0.5) is 8.78 Å². The zero-order chi connectivity index (χ0) is 14.1. The summed E-state index contributed by atoms with van der Waals surface area (Å²) in [4.78, 5) is -0.393. The summed E-state index contributed by atoms with van der Waals surface area (Å²) in [6.45, 7) is 4.39. The van der Waals surface area contributed by atoms with Gasteiger partial charge in [0, 0.05) is 0 Å². The highest BCUT2D eigenvalue weighted by molar-refractivity contribution is 7.89. The Morgan fingerprint density at radius 1 is 1.28 bits per heavy atom. The molecule has 0 saturated carbocycles. The van der Waals surface area contributed by atoms with Gasteiger partial charge >= 0.3 is 0 Å². The number of nitrogens with one attached hydrogen (secondary N) is 1. The van der Waals surface area contributed by atoms with Gasteiger partial charge in [-0.15, -0.1) is 0 Å². The second kappa shape index (κ2) is 4.91. The number of sulfonamides is 1. The van der Waals surface area contributed by atoms with Crippen molar-refractivity contribution in [1.29, 1.82) is 0 Å². The fourth-order valence-electron chi connectivity index (χ4n) is 1.13. The number of halogens is 2. The van der Waals surface area contributed by atoms with Crippen LogP contribution in [0.1, 0.15) is 20.8 Å². The van der Waals surface area contributed by atoms with Gasteiger partial charge in [-0.05, 0) is 39.0 Å². The van der Waals surface area contributed by atoms with Gasteiger partial charge < -0.3 is 5.11 Å². The van der Waals surface area contributed by atoms with E-state index in [0.29, 0.717) is 6.07 Å². The fraction of sp³-hybridized carbons (Fsp3) is 0.455. The number of benzene rings is 1. The highest BCUT2D eigenvalue weighted by Gasteiger charge is 2.30. The second-order valence-electron chi connectivity index (χ2n) is 4.58. The van der Waals surface area contributed by atoms with Crippen molar-refractivity contribution in [3.8, 4) is 0 Å². The van der Waals surface area contributed by atoms with Crippen LogP contribution in [-0.4, -0.2) is 25.2 Å². The van der Waals surface area contributed by atoms with Crippen LogP contribution in [0.15, 0.2) is 23.1 Å². The highest BCUT2D eigenvalue weighted by Crippen LogP contribution is 2.17. The van der Waals surface area contributed by atoms with Crippen LogP contribution in [0.3, 0.4) is 0 Å². The Bertz CT molecular complexity index is 541. The zero-order valence-electron chi connectivity index (χ0n) is 10.2. The molecule has 18 heavy (non-hydrogen) atoms. The minimum Gasteiger partial charge on any atom is -0.391 e. The van der Waals surface area contributed by atoms with E-state index >= 15 is 0 Å². The lowest BCUT2D eigenvalue weighted by molar-refractivity contribution is 0.111. The van der Waals surface area contributed by atoms with Gasteiger partial charge in [0.1, 0.15) is 0 Å². The van der Waals surface area contributed by atoms with E-state index < -0.39 is 38.2 Å². The first-order chi connectivity index (χ1) is 8.06. The van der Waals surface area contributed by atoms with E-state index in [4.69, 9.17) is 0 Å². The van der Waals surface area contributed by atoms with Crippen LogP contribution in [0.5, 0.6) is 0 Å². The van der Waals surface area contributed by atoms with Gasteiger partial charge in [-0.1, -0.05) is 0 Å². The molecule has 0 heterocycles. The molecule has 2 N–H and O–H groups in total. The molecule has 0 aliphatic rings. The molecule has 0 bridgehead atoms. The Kier molecular flexibility index (Phi) is 4.09. The van der Waals surface area contributed by atoms with Crippen molar-refractivity contribution in [2.75, 3.05) is 0 Å². The molecule has 1 atom stereocenters. The Balaban J connectivity index is 3.11. The molecule has 4 nitrogen and oxygen atoms in total. The lowest BCUT2D eigenvalue weighted by Gasteiger charge is -2.28. The van der Waals surface area contributed by atoms with E-state index in [1.165, 1.54) is 20.8 Å². The molecule has 0 spiro atoms. The number of aliphatic hydroxyl groups excluding tert-OH is 1. The van der Waals surface area contributed by atoms with Gasteiger partial charge in [0.25, 0.3) is 0 Å². The van der Waals surface area contributed by atoms with Crippen molar-refractivity contribution in [1.82, 2.24) is 4.72 Å². The van der Waals surface area contributed by atoms with E-state index in [1.807, 2.05) is 0 Å². The molecule has 1 unspecified atom stereocenters. The van der Waals surface area contributed by atoms with Crippen LogP contribution in [0.2, 0.25) is 0 Å². The Hall–Kier alpha value is -1.05. The second-order valence-corrected chi connectivity index (χ2v) is 6.26. The molecule has 0 radical (unpaired) electrons. The van der Waals surface area contributed by atoms with Gasteiger partial charge in [-0.2, -0.15) is 0 Å². The normalized spacial score (nSPS) is 14.6. The minimum atomic E-state index is -4.02.